The van der Waals surface area contributed by atoms with E-state index in [2.05, 4.69) is 15.3 Å². The third-order valence-corrected chi connectivity index (χ3v) is 5.19. The Kier molecular flexibility index (Phi) is 5.56. The van der Waals surface area contributed by atoms with Crippen molar-refractivity contribution in [2.75, 3.05) is 17.3 Å². The van der Waals surface area contributed by atoms with Crippen LogP contribution in [0.2, 0.25) is 0 Å². The van der Waals surface area contributed by atoms with Gasteiger partial charge in [-0.05, 0) is 48.1 Å². The first kappa shape index (κ1) is 20.1. The maximum Gasteiger partial charge on any atom is 0.488 e. The number of halogens is 1. The summed E-state index contributed by atoms with van der Waals surface area (Å²) in [7, 11) is 0.00130. The molecule has 30 heavy (non-hydrogen) atoms. The lowest BCUT2D eigenvalue weighted by Crippen LogP contribution is -2.32. The second-order valence-corrected chi connectivity index (χ2v) is 7.21. The van der Waals surface area contributed by atoms with Gasteiger partial charge in [0.25, 0.3) is 0 Å². The maximum absolute atomic E-state index is 13.5. The summed E-state index contributed by atoms with van der Waals surface area (Å²) in [4.78, 5) is 11.1. The number of aromatic nitrogens is 2. The van der Waals surface area contributed by atoms with Crippen LogP contribution in [0.1, 0.15) is 18.1 Å². The smallest absolute Gasteiger partial charge is 0.488 e. The molecule has 0 saturated carbocycles. The Bertz CT molecular complexity index is 1070. The number of nitrogens with one attached hydrogen (secondary N) is 1. The average molecular weight is 408 g/mol. The molecule has 3 N–H and O–H groups in total. The number of methoxy groups -OCH3 is 1. The predicted molar refractivity (Wildman–Crippen MR) is 114 cm³/mol. The number of nitrogens with zero attached hydrogens (tertiary/aromatic N) is 3. The fraction of sp³-hybridized carbons (Fsp3) is 0.238. The van der Waals surface area contributed by atoms with Gasteiger partial charge in [0, 0.05) is 18.3 Å². The molecule has 9 heteroatoms. The molecule has 1 unspecified atom stereocenters. The Morgan fingerprint density at radius 3 is 2.80 bits per heavy atom. The largest absolute Gasteiger partial charge is 0.491 e. The molecule has 0 radical (unpaired) electrons. The SMILES string of the molecule is COc1cnc(N2c3cccc(B(O)O)c3CC2C)nc1NCc1cccc(F)c1. The quantitative estimate of drug-likeness (QED) is 0.538. The monoisotopic (exact) mass is 408 g/mol. The summed E-state index contributed by atoms with van der Waals surface area (Å²) in [5.74, 6) is 1.13. The molecule has 7 nitrogen and oxygen atoms in total. The van der Waals surface area contributed by atoms with E-state index in [4.69, 9.17) is 4.74 Å². The molecule has 2 heterocycles. The van der Waals surface area contributed by atoms with Gasteiger partial charge in [-0.2, -0.15) is 4.98 Å². The molecule has 1 aliphatic rings. The Balaban J connectivity index is 1.66. The Morgan fingerprint density at radius 1 is 1.27 bits per heavy atom. The van der Waals surface area contributed by atoms with Crippen molar-refractivity contribution in [2.24, 2.45) is 0 Å². The molecule has 3 aromatic rings. The van der Waals surface area contributed by atoms with Crippen molar-refractivity contribution in [1.29, 1.82) is 0 Å². The summed E-state index contributed by atoms with van der Waals surface area (Å²) in [6, 6.07) is 11.8. The van der Waals surface area contributed by atoms with E-state index in [0.29, 0.717) is 35.9 Å². The lowest BCUT2D eigenvalue weighted by Gasteiger charge is -2.23. The van der Waals surface area contributed by atoms with Crippen molar-refractivity contribution < 1.29 is 19.2 Å². The fourth-order valence-corrected chi connectivity index (χ4v) is 3.80. The second-order valence-electron chi connectivity index (χ2n) is 7.21. The lowest BCUT2D eigenvalue weighted by molar-refractivity contribution is 0.412. The molecule has 0 bridgehead atoms. The van der Waals surface area contributed by atoms with Gasteiger partial charge in [0.15, 0.2) is 11.6 Å². The summed E-state index contributed by atoms with van der Waals surface area (Å²) in [5.41, 5.74) is 2.97. The van der Waals surface area contributed by atoms with E-state index in [1.54, 1.807) is 24.4 Å². The minimum atomic E-state index is -1.53. The zero-order valence-electron chi connectivity index (χ0n) is 16.7. The molecule has 4 rings (SSSR count). The van der Waals surface area contributed by atoms with E-state index in [1.165, 1.54) is 19.2 Å². The van der Waals surface area contributed by atoms with Gasteiger partial charge in [0.2, 0.25) is 5.95 Å². The van der Waals surface area contributed by atoms with E-state index >= 15 is 0 Å². The zero-order valence-corrected chi connectivity index (χ0v) is 16.7. The van der Waals surface area contributed by atoms with Crippen LogP contribution in [0.5, 0.6) is 5.75 Å². The van der Waals surface area contributed by atoms with Gasteiger partial charge >= 0.3 is 7.12 Å². The van der Waals surface area contributed by atoms with Gasteiger partial charge in [-0.3, -0.25) is 0 Å². The lowest BCUT2D eigenvalue weighted by atomic mass is 9.76. The van der Waals surface area contributed by atoms with E-state index < -0.39 is 7.12 Å². The van der Waals surface area contributed by atoms with Crippen molar-refractivity contribution in [3.8, 4) is 5.75 Å². The summed E-state index contributed by atoms with van der Waals surface area (Å²) >= 11 is 0. The molecule has 1 atom stereocenters. The molecule has 0 spiro atoms. The molecular weight excluding hydrogens is 386 g/mol. The molecule has 2 aromatic carbocycles. The molecule has 1 aliphatic heterocycles. The number of hydrogen-bond acceptors (Lipinski definition) is 7. The fourth-order valence-electron chi connectivity index (χ4n) is 3.80. The highest BCUT2D eigenvalue weighted by atomic mass is 19.1. The molecule has 1 aromatic heterocycles. The summed E-state index contributed by atoms with van der Waals surface area (Å²) < 4.78 is 18.8. The zero-order chi connectivity index (χ0) is 21.3. The minimum absolute atomic E-state index is 0.0318. The van der Waals surface area contributed by atoms with Gasteiger partial charge in [0.1, 0.15) is 5.82 Å². The van der Waals surface area contributed by atoms with E-state index in [-0.39, 0.29) is 11.9 Å². The van der Waals surface area contributed by atoms with E-state index in [0.717, 1.165) is 16.8 Å². The van der Waals surface area contributed by atoms with E-state index in [9.17, 15) is 14.4 Å². The van der Waals surface area contributed by atoms with Crippen LogP contribution in [-0.2, 0) is 13.0 Å². The van der Waals surface area contributed by atoms with Crippen LogP contribution in [0.15, 0.2) is 48.7 Å². The van der Waals surface area contributed by atoms with Crippen LogP contribution < -0.4 is 20.4 Å². The average Bonchev–Trinajstić information content (AvgIpc) is 3.07. The highest BCUT2D eigenvalue weighted by molar-refractivity contribution is 6.59. The first-order valence-corrected chi connectivity index (χ1v) is 9.64. The van der Waals surface area contributed by atoms with Crippen molar-refractivity contribution >= 4 is 30.0 Å². The van der Waals surface area contributed by atoms with E-state index in [1.807, 2.05) is 24.0 Å². The number of hydrogen-bond donors (Lipinski definition) is 3. The standard InChI is InChI=1S/C21H22BFN4O3/c1-13-9-16-17(22(28)29)7-4-8-18(16)27(13)21-25-12-19(30-2)20(26-21)24-11-14-5-3-6-15(23)10-14/h3-8,10,12-13,28-29H,9,11H2,1-2H3,(H,24,25,26). The molecule has 0 amide bonds. The third-order valence-electron chi connectivity index (χ3n) is 5.19. The number of fused-ring (bicyclic) bond motifs is 1. The molecule has 0 aliphatic carbocycles. The minimum Gasteiger partial charge on any atom is -0.491 e. The van der Waals surface area contributed by atoms with Gasteiger partial charge in [-0.1, -0.05) is 24.3 Å². The van der Waals surface area contributed by atoms with Crippen LogP contribution in [0, 0.1) is 5.82 Å². The van der Waals surface area contributed by atoms with Crippen molar-refractivity contribution in [2.45, 2.75) is 25.9 Å². The molecule has 0 saturated heterocycles. The summed E-state index contributed by atoms with van der Waals surface area (Å²) in [6.07, 6.45) is 2.23. The first-order chi connectivity index (χ1) is 14.5. The summed E-state index contributed by atoms with van der Waals surface area (Å²) in [5, 5.41) is 22.6. The van der Waals surface area contributed by atoms with Crippen molar-refractivity contribution in [3.05, 3.63) is 65.6 Å². The number of benzene rings is 2. The topological polar surface area (TPSA) is 90.7 Å². The molecular formula is C21H22BFN4O3. The van der Waals surface area contributed by atoms with Gasteiger partial charge in [0.05, 0.1) is 13.3 Å². The highest BCUT2D eigenvalue weighted by Crippen LogP contribution is 2.37. The van der Waals surface area contributed by atoms with Crippen LogP contribution in [-0.4, -0.2) is 40.3 Å². The Hall–Kier alpha value is -3.17. The highest BCUT2D eigenvalue weighted by Gasteiger charge is 2.33. The number of rotatable bonds is 6. The van der Waals surface area contributed by atoms with Crippen LogP contribution in [0.25, 0.3) is 0 Å². The molecule has 0 fully saturated rings. The second kappa shape index (κ2) is 8.29. The predicted octanol–water partition coefficient (Wildman–Crippen LogP) is 2.00. The number of anilines is 3. The normalized spacial score (nSPS) is 15.1. The Labute approximate surface area is 174 Å². The van der Waals surface area contributed by atoms with Gasteiger partial charge in [-0.15, -0.1) is 0 Å². The first-order valence-electron chi connectivity index (χ1n) is 9.64. The van der Waals surface area contributed by atoms with Crippen LogP contribution in [0.4, 0.5) is 21.8 Å². The van der Waals surface area contributed by atoms with Crippen molar-refractivity contribution in [1.82, 2.24) is 9.97 Å². The number of ether oxygens (including phenoxy) is 1. The van der Waals surface area contributed by atoms with Crippen LogP contribution in [0.3, 0.4) is 0 Å². The molecule has 154 valence electrons. The Morgan fingerprint density at radius 2 is 2.07 bits per heavy atom. The van der Waals surface area contributed by atoms with Crippen LogP contribution >= 0.6 is 0 Å². The van der Waals surface area contributed by atoms with Crippen molar-refractivity contribution in [3.63, 3.8) is 0 Å². The third kappa shape index (κ3) is 3.81. The van der Waals surface area contributed by atoms with Gasteiger partial charge < -0.3 is 25.0 Å². The maximum atomic E-state index is 13.5. The van der Waals surface area contributed by atoms with Gasteiger partial charge in [-0.25, -0.2) is 9.37 Å². The summed E-state index contributed by atoms with van der Waals surface area (Å²) in [6.45, 7) is 2.40.